The molecule has 2 fully saturated rings. The van der Waals surface area contributed by atoms with Crippen molar-refractivity contribution in [2.24, 2.45) is 5.92 Å². The van der Waals surface area contributed by atoms with Crippen LogP contribution in [0.15, 0.2) is 0 Å². The molecule has 0 aromatic heterocycles. The molecule has 2 atom stereocenters. The predicted octanol–water partition coefficient (Wildman–Crippen LogP) is 0.863. The Morgan fingerprint density at radius 1 is 1.62 bits per heavy atom. The third-order valence-electron chi connectivity index (χ3n) is 2.67. The molecule has 2 heterocycles. The van der Waals surface area contributed by atoms with Crippen LogP contribution in [0.4, 0.5) is 0 Å². The standard InChI is InChI=1S/C9H14ClNO2/c10-8-3-9(12)11(5-8)4-7-1-2-13-6-7/h7-8H,1-6H2. The molecule has 2 saturated heterocycles. The maximum absolute atomic E-state index is 11.4. The van der Waals surface area contributed by atoms with Gasteiger partial charge < -0.3 is 9.64 Å². The molecule has 2 aliphatic rings. The van der Waals surface area contributed by atoms with E-state index >= 15 is 0 Å². The van der Waals surface area contributed by atoms with Gasteiger partial charge in [-0.1, -0.05) is 0 Å². The van der Waals surface area contributed by atoms with Crippen LogP contribution in [0.1, 0.15) is 12.8 Å². The Bertz CT molecular complexity index is 204. The van der Waals surface area contributed by atoms with Crippen LogP contribution >= 0.6 is 11.6 Å². The van der Waals surface area contributed by atoms with Gasteiger partial charge in [0.25, 0.3) is 0 Å². The highest BCUT2D eigenvalue weighted by Crippen LogP contribution is 2.20. The Morgan fingerprint density at radius 3 is 3.00 bits per heavy atom. The van der Waals surface area contributed by atoms with E-state index in [0.717, 1.165) is 32.7 Å². The third kappa shape index (κ3) is 2.15. The average Bonchev–Trinajstić information content (AvgIpc) is 2.63. The van der Waals surface area contributed by atoms with Gasteiger partial charge in [-0.05, 0) is 6.42 Å². The number of likely N-dealkylation sites (tertiary alicyclic amines) is 1. The van der Waals surface area contributed by atoms with Crippen molar-refractivity contribution in [3.05, 3.63) is 0 Å². The van der Waals surface area contributed by atoms with Gasteiger partial charge in [-0.3, -0.25) is 4.79 Å². The van der Waals surface area contributed by atoms with Crippen molar-refractivity contribution in [2.45, 2.75) is 18.2 Å². The van der Waals surface area contributed by atoms with Crippen LogP contribution < -0.4 is 0 Å². The first kappa shape index (κ1) is 9.28. The monoisotopic (exact) mass is 203 g/mol. The number of alkyl halides is 1. The fraction of sp³-hybridized carbons (Fsp3) is 0.889. The van der Waals surface area contributed by atoms with Crippen molar-refractivity contribution in [1.82, 2.24) is 4.90 Å². The van der Waals surface area contributed by atoms with Crippen LogP contribution in [0, 0.1) is 5.92 Å². The predicted molar refractivity (Wildman–Crippen MR) is 49.8 cm³/mol. The maximum atomic E-state index is 11.4. The van der Waals surface area contributed by atoms with Gasteiger partial charge >= 0.3 is 0 Å². The van der Waals surface area contributed by atoms with E-state index in [4.69, 9.17) is 16.3 Å². The number of ether oxygens (including phenoxy) is 1. The van der Waals surface area contributed by atoms with Crippen molar-refractivity contribution < 1.29 is 9.53 Å². The number of rotatable bonds is 2. The quantitative estimate of drug-likeness (QED) is 0.624. The van der Waals surface area contributed by atoms with Crippen LogP contribution in [-0.2, 0) is 9.53 Å². The molecule has 2 unspecified atom stereocenters. The van der Waals surface area contributed by atoms with Crippen LogP contribution in [0.2, 0.25) is 0 Å². The minimum Gasteiger partial charge on any atom is -0.381 e. The van der Waals surface area contributed by atoms with Crippen molar-refractivity contribution in [3.8, 4) is 0 Å². The lowest BCUT2D eigenvalue weighted by molar-refractivity contribution is -0.128. The summed E-state index contributed by atoms with van der Waals surface area (Å²) in [6.07, 6.45) is 1.59. The minimum atomic E-state index is 0.0230. The van der Waals surface area contributed by atoms with E-state index in [2.05, 4.69) is 0 Å². The van der Waals surface area contributed by atoms with Gasteiger partial charge in [0.1, 0.15) is 0 Å². The average molecular weight is 204 g/mol. The van der Waals surface area contributed by atoms with E-state index in [0.29, 0.717) is 12.3 Å². The van der Waals surface area contributed by atoms with E-state index < -0.39 is 0 Å². The highest BCUT2D eigenvalue weighted by atomic mass is 35.5. The smallest absolute Gasteiger partial charge is 0.224 e. The van der Waals surface area contributed by atoms with Crippen LogP contribution in [0.5, 0.6) is 0 Å². The first-order chi connectivity index (χ1) is 6.25. The van der Waals surface area contributed by atoms with Crippen LogP contribution in [0.3, 0.4) is 0 Å². The molecular formula is C9H14ClNO2. The molecule has 1 amide bonds. The number of nitrogens with zero attached hydrogens (tertiary/aromatic N) is 1. The van der Waals surface area contributed by atoms with E-state index in [1.807, 2.05) is 4.90 Å². The van der Waals surface area contributed by atoms with E-state index in [1.165, 1.54) is 0 Å². The normalized spacial score (nSPS) is 34.5. The van der Waals surface area contributed by atoms with Gasteiger partial charge in [0.05, 0.1) is 12.0 Å². The second-order valence-electron chi connectivity index (χ2n) is 3.83. The van der Waals surface area contributed by atoms with Gasteiger partial charge in [-0.2, -0.15) is 0 Å². The van der Waals surface area contributed by atoms with Crippen molar-refractivity contribution in [3.63, 3.8) is 0 Å². The lowest BCUT2D eigenvalue weighted by Crippen LogP contribution is -2.31. The number of carbonyl (C=O) groups excluding carboxylic acids is 1. The zero-order valence-corrected chi connectivity index (χ0v) is 8.29. The summed E-state index contributed by atoms with van der Waals surface area (Å²) in [4.78, 5) is 13.2. The fourth-order valence-corrected chi connectivity index (χ4v) is 2.24. The molecule has 0 aliphatic carbocycles. The summed E-state index contributed by atoms with van der Waals surface area (Å²) in [7, 11) is 0. The van der Waals surface area contributed by atoms with Gasteiger partial charge in [-0.15, -0.1) is 11.6 Å². The summed E-state index contributed by atoms with van der Waals surface area (Å²) in [6, 6.07) is 0. The number of halogens is 1. The molecule has 0 bridgehead atoms. The molecule has 13 heavy (non-hydrogen) atoms. The Labute approximate surface area is 83.0 Å². The Balaban J connectivity index is 1.83. The van der Waals surface area contributed by atoms with Crippen LogP contribution in [-0.4, -0.2) is 42.5 Å². The molecule has 4 heteroatoms. The van der Waals surface area contributed by atoms with E-state index in [9.17, 15) is 4.79 Å². The first-order valence-electron chi connectivity index (χ1n) is 4.75. The third-order valence-corrected chi connectivity index (χ3v) is 2.96. The number of hydrogen-bond donors (Lipinski definition) is 0. The molecule has 0 aromatic rings. The summed E-state index contributed by atoms with van der Waals surface area (Å²) in [5.74, 6) is 0.734. The lowest BCUT2D eigenvalue weighted by Gasteiger charge is -2.18. The molecule has 0 spiro atoms. The summed E-state index contributed by atoms with van der Waals surface area (Å²) < 4.78 is 5.26. The van der Waals surface area contributed by atoms with Crippen molar-refractivity contribution in [1.29, 1.82) is 0 Å². The minimum absolute atomic E-state index is 0.0230. The largest absolute Gasteiger partial charge is 0.381 e. The molecule has 0 N–H and O–H groups in total. The highest BCUT2D eigenvalue weighted by Gasteiger charge is 2.30. The maximum Gasteiger partial charge on any atom is 0.224 e. The van der Waals surface area contributed by atoms with Gasteiger partial charge in [0.15, 0.2) is 0 Å². The Hall–Kier alpha value is -0.280. The number of carbonyl (C=O) groups is 1. The molecule has 2 rings (SSSR count). The van der Waals surface area contributed by atoms with Crippen molar-refractivity contribution in [2.75, 3.05) is 26.3 Å². The molecule has 2 aliphatic heterocycles. The summed E-state index contributed by atoms with van der Waals surface area (Å²) in [5, 5.41) is 0.0230. The highest BCUT2D eigenvalue weighted by molar-refractivity contribution is 6.22. The van der Waals surface area contributed by atoms with Gasteiger partial charge in [0, 0.05) is 32.0 Å². The lowest BCUT2D eigenvalue weighted by atomic mass is 10.1. The topological polar surface area (TPSA) is 29.5 Å². The van der Waals surface area contributed by atoms with E-state index in [1.54, 1.807) is 0 Å². The molecule has 0 aromatic carbocycles. The fourth-order valence-electron chi connectivity index (χ4n) is 1.94. The van der Waals surface area contributed by atoms with Gasteiger partial charge in [0.2, 0.25) is 5.91 Å². The summed E-state index contributed by atoms with van der Waals surface area (Å²) >= 11 is 5.89. The first-order valence-corrected chi connectivity index (χ1v) is 5.19. The molecule has 0 radical (unpaired) electrons. The molecular weight excluding hydrogens is 190 g/mol. The molecule has 74 valence electrons. The summed E-state index contributed by atoms with van der Waals surface area (Å²) in [6.45, 7) is 3.20. The Kier molecular flexibility index (Phi) is 2.74. The SMILES string of the molecule is O=C1CC(Cl)CN1CC1CCOC1. The van der Waals surface area contributed by atoms with Crippen LogP contribution in [0.25, 0.3) is 0 Å². The van der Waals surface area contributed by atoms with Crippen molar-refractivity contribution >= 4 is 17.5 Å². The second kappa shape index (κ2) is 3.84. The van der Waals surface area contributed by atoms with E-state index in [-0.39, 0.29) is 11.3 Å². The Morgan fingerprint density at radius 2 is 2.46 bits per heavy atom. The van der Waals surface area contributed by atoms with Gasteiger partial charge in [-0.25, -0.2) is 0 Å². The molecule has 3 nitrogen and oxygen atoms in total. The number of amides is 1. The zero-order chi connectivity index (χ0) is 9.26. The zero-order valence-electron chi connectivity index (χ0n) is 7.54. The number of hydrogen-bond acceptors (Lipinski definition) is 2. The molecule has 0 saturated carbocycles. The second-order valence-corrected chi connectivity index (χ2v) is 4.45. The summed E-state index contributed by atoms with van der Waals surface area (Å²) in [5.41, 5.74) is 0.